The van der Waals surface area contributed by atoms with Gasteiger partial charge in [-0.25, -0.2) is 12.8 Å². The van der Waals surface area contributed by atoms with Crippen LogP contribution < -0.4 is 4.72 Å². The first-order chi connectivity index (χ1) is 8.27. The van der Waals surface area contributed by atoms with Gasteiger partial charge in [-0.15, -0.1) is 0 Å². The second kappa shape index (κ2) is 5.66. The third-order valence-electron chi connectivity index (χ3n) is 2.18. The smallest absolute Gasteiger partial charge is 0.325 e. The van der Waals surface area contributed by atoms with Gasteiger partial charge in [-0.2, -0.15) is 0 Å². The Morgan fingerprint density at radius 1 is 1.50 bits per heavy atom. The van der Waals surface area contributed by atoms with Gasteiger partial charge < -0.3 is 4.74 Å². The predicted octanol–water partition coefficient (Wildman–Crippen LogP) is 1.89. The van der Waals surface area contributed by atoms with Crippen LogP contribution in [0.5, 0.6) is 0 Å². The van der Waals surface area contributed by atoms with Gasteiger partial charge in [0.15, 0.2) is 5.25 Å². The van der Waals surface area contributed by atoms with Gasteiger partial charge in [0.2, 0.25) is 10.0 Å². The fourth-order valence-electron chi connectivity index (χ4n) is 1.10. The Kier molecular flexibility index (Phi) is 4.69. The molecule has 1 atom stereocenters. The molecule has 0 aliphatic heterocycles. The summed E-state index contributed by atoms with van der Waals surface area (Å²) in [5, 5.41) is -1.36. The minimum atomic E-state index is -3.92. The molecule has 18 heavy (non-hydrogen) atoms. The van der Waals surface area contributed by atoms with Crippen molar-refractivity contribution in [1.82, 2.24) is 0 Å². The lowest BCUT2D eigenvalue weighted by Gasteiger charge is -2.13. The molecule has 0 spiro atoms. The first kappa shape index (κ1) is 14.9. The van der Waals surface area contributed by atoms with Crippen LogP contribution in [0.4, 0.5) is 10.1 Å². The Bertz CT molecular complexity index is 561. The van der Waals surface area contributed by atoms with Crippen LogP contribution in [-0.2, 0) is 19.6 Å². The van der Waals surface area contributed by atoms with E-state index in [0.717, 1.165) is 13.2 Å². The molecule has 8 heteroatoms. The van der Waals surface area contributed by atoms with E-state index in [9.17, 15) is 17.6 Å². The van der Waals surface area contributed by atoms with Gasteiger partial charge >= 0.3 is 5.97 Å². The highest BCUT2D eigenvalue weighted by atomic mass is 79.9. The van der Waals surface area contributed by atoms with Gasteiger partial charge in [-0.3, -0.25) is 9.52 Å². The van der Waals surface area contributed by atoms with Crippen molar-refractivity contribution >= 4 is 37.6 Å². The number of benzene rings is 1. The molecule has 0 bridgehead atoms. The SMILES string of the molecule is COC(=O)C(C)S(=O)(=O)Nc1ccc(F)c(Br)c1. The minimum Gasteiger partial charge on any atom is -0.468 e. The summed E-state index contributed by atoms with van der Waals surface area (Å²) >= 11 is 2.93. The average Bonchev–Trinajstić information content (AvgIpc) is 2.31. The predicted molar refractivity (Wildman–Crippen MR) is 68.1 cm³/mol. The molecule has 100 valence electrons. The number of halogens is 2. The Labute approximate surface area is 113 Å². The number of ether oxygens (including phenoxy) is 1. The number of hydrogen-bond acceptors (Lipinski definition) is 4. The van der Waals surface area contributed by atoms with Gasteiger partial charge in [-0.05, 0) is 41.1 Å². The Balaban J connectivity index is 2.95. The van der Waals surface area contributed by atoms with Gasteiger partial charge in [0.25, 0.3) is 0 Å². The molecule has 1 aromatic rings. The second-order valence-electron chi connectivity index (χ2n) is 3.44. The molecule has 0 aliphatic carbocycles. The van der Waals surface area contributed by atoms with Crippen LogP contribution in [0.1, 0.15) is 6.92 Å². The zero-order valence-corrected chi connectivity index (χ0v) is 12.0. The molecule has 1 rings (SSSR count). The van der Waals surface area contributed by atoms with Gasteiger partial charge in [-0.1, -0.05) is 0 Å². The normalized spacial score (nSPS) is 12.9. The average molecular weight is 340 g/mol. The molecule has 0 radical (unpaired) electrons. The van der Waals surface area contributed by atoms with Gasteiger partial charge in [0, 0.05) is 5.69 Å². The molecule has 1 N–H and O–H groups in total. The van der Waals surface area contributed by atoms with Crippen molar-refractivity contribution in [1.29, 1.82) is 0 Å². The quantitative estimate of drug-likeness (QED) is 0.850. The highest BCUT2D eigenvalue weighted by Gasteiger charge is 2.28. The second-order valence-corrected chi connectivity index (χ2v) is 6.30. The van der Waals surface area contributed by atoms with Crippen molar-refractivity contribution in [3.8, 4) is 0 Å². The number of carbonyl (C=O) groups is 1. The summed E-state index contributed by atoms with van der Waals surface area (Å²) in [5.74, 6) is -1.39. The van der Waals surface area contributed by atoms with Crippen molar-refractivity contribution < 1.29 is 22.3 Å². The minimum absolute atomic E-state index is 0.119. The van der Waals surface area contributed by atoms with Crippen LogP contribution in [0, 0.1) is 5.82 Å². The van der Waals surface area contributed by atoms with Crippen molar-refractivity contribution in [2.75, 3.05) is 11.8 Å². The van der Waals surface area contributed by atoms with E-state index in [1.165, 1.54) is 19.1 Å². The number of rotatable bonds is 4. The summed E-state index contributed by atoms with van der Waals surface area (Å²) in [6, 6.07) is 3.61. The molecule has 0 aromatic heterocycles. The van der Waals surface area contributed by atoms with E-state index in [4.69, 9.17) is 0 Å². The summed E-state index contributed by atoms with van der Waals surface area (Å²) in [6.07, 6.45) is 0. The van der Waals surface area contributed by atoms with Gasteiger partial charge in [0.05, 0.1) is 11.6 Å². The summed E-state index contributed by atoms with van der Waals surface area (Å²) in [5.41, 5.74) is 0.152. The third-order valence-corrected chi connectivity index (χ3v) is 4.43. The van der Waals surface area contributed by atoms with E-state index in [0.29, 0.717) is 0 Å². The molecule has 5 nitrogen and oxygen atoms in total. The van der Waals surface area contributed by atoms with Crippen LogP contribution in [0.25, 0.3) is 0 Å². The van der Waals surface area contributed by atoms with Crippen molar-refractivity contribution in [2.24, 2.45) is 0 Å². The molecule has 0 fully saturated rings. The molecule has 0 saturated carbocycles. The lowest BCUT2D eigenvalue weighted by Crippen LogP contribution is -2.33. The van der Waals surface area contributed by atoms with E-state index in [-0.39, 0.29) is 10.2 Å². The first-order valence-corrected chi connectivity index (χ1v) is 7.16. The maximum atomic E-state index is 13.0. The standard InChI is InChI=1S/C10H11BrFNO4S/c1-6(10(14)17-2)18(15,16)13-7-3-4-9(12)8(11)5-7/h3-6,13H,1-2H3. The molecule has 1 aromatic carbocycles. The van der Waals surface area contributed by atoms with Gasteiger partial charge in [0.1, 0.15) is 5.82 Å². The lowest BCUT2D eigenvalue weighted by atomic mass is 10.3. The lowest BCUT2D eigenvalue weighted by molar-refractivity contribution is -0.139. The number of esters is 1. The summed E-state index contributed by atoms with van der Waals surface area (Å²) < 4.78 is 43.2. The van der Waals surface area contributed by atoms with Crippen LogP contribution in [0.2, 0.25) is 0 Å². The fraction of sp³-hybridized carbons (Fsp3) is 0.300. The monoisotopic (exact) mass is 339 g/mol. The number of methoxy groups -OCH3 is 1. The van der Waals surface area contributed by atoms with E-state index in [1.807, 2.05) is 0 Å². The molecule has 1 unspecified atom stereocenters. The Morgan fingerprint density at radius 2 is 2.11 bits per heavy atom. The van der Waals surface area contributed by atoms with E-state index < -0.39 is 27.1 Å². The summed E-state index contributed by atoms with van der Waals surface area (Å²) in [4.78, 5) is 11.2. The van der Waals surface area contributed by atoms with E-state index in [1.54, 1.807) is 0 Å². The van der Waals surface area contributed by atoms with Crippen LogP contribution in [0.15, 0.2) is 22.7 Å². The van der Waals surface area contributed by atoms with Crippen molar-refractivity contribution in [3.05, 3.63) is 28.5 Å². The molecule has 0 amide bonds. The summed E-state index contributed by atoms with van der Waals surface area (Å²) in [7, 11) is -2.82. The van der Waals surface area contributed by atoms with Crippen molar-refractivity contribution in [3.63, 3.8) is 0 Å². The van der Waals surface area contributed by atoms with E-state index in [2.05, 4.69) is 25.4 Å². The number of nitrogens with one attached hydrogen (secondary N) is 1. The highest BCUT2D eigenvalue weighted by Crippen LogP contribution is 2.21. The van der Waals surface area contributed by atoms with Crippen LogP contribution >= 0.6 is 15.9 Å². The highest BCUT2D eigenvalue weighted by molar-refractivity contribution is 9.10. The topological polar surface area (TPSA) is 72.5 Å². The maximum Gasteiger partial charge on any atom is 0.325 e. The molecular weight excluding hydrogens is 329 g/mol. The summed E-state index contributed by atoms with van der Waals surface area (Å²) in [6.45, 7) is 1.20. The van der Waals surface area contributed by atoms with Crippen LogP contribution in [-0.4, -0.2) is 26.7 Å². The fourth-order valence-corrected chi connectivity index (χ4v) is 2.47. The number of anilines is 1. The Hall–Kier alpha value is -1.15. The largest absolute Gasteiger partial charge is 0.468 e. The van der Waals surface area contributed by atoms with E-state index >= 15 is 0 Å². The molecule has 0 heterocycles. The maximum absolute atomic E-state index is 13.0. The number of sulfonamides is 1. The zero-order chi connectivity index (χ0) is 13.9. The first-order valence-electron chi connectivity index (χ1n) is 4.82. The Morgan fingerprint density at radius 3 is 2.61 bits per heavy atom. The molecule has 0 aliphatic rings. The number of carbonyl (C=O) groups excluding carboxylic acids is 1. The molecular formula is C10H11BrFNO4S. The molecule has 0 saturated heterocycles. The zero-order valence-electron chi connectivity index (χ0n) is 9.61. The third kappa shape index (κ3) is 3.42. The number of hydrogen-bond donors (Lipinski definition) is 1. The van der Waals surface area contributed by atoms with Crippen LogP contribution in [0.3, 0.4) is 0 Å². The van der Waals surface area contributed by atoms with Crippen molar-refractivity contribution in [2.45, 2.75) is 12.2 Å².